The monoisotopic (exact) mass is 240 g/mol. The van der Waals surface area contributed by atoms with Gasteiger partial charge in [0.2, 0.25) is 0 Å². The van der Waals surface area contributed by atoms with Crippen LogP contribution in [0, 0.1) is 11.8 Å². The fourth-order valence-corrected chi connectivity index (χ4v) is 2.59. The molecule has 0 heterocycles. The van der Waals surface area contributed by atoms with E-state index in [0.29, 0.717) is 0 Å². The molecule has 2 unspecified atom stereocenters. The highest BCUT2D eigenvalue weighted by Crippen LogP contribution is 2.20. The second kappa shape index (κ2) is 12.5. The highest BCUT2D eigenvalue weighted by atomic mass is 14.1. The van der Waals surface area contributed by atoms with Crippen LogP contribution in [0.5, 0.6) is 0 Å². The Balaban J connectivity index is 3.29. The van der Waals surface area contributed by atoms with E-state index in [2.05, 4.69) is 27.7 Å². The largest absolute Gasteiger partial charge is 0.0654 e. The lowest BCUT2D eigenvalue weighted by molar-refractivity contribution is 0.394. The van der Waals surface area contributed by atoms with Crippen molar-refractivity contribution in [3.05, 3.63) is 0 Å². The molecule has 0 aromatic carbocycles. The molecule has 0 spiro atoms. The van der Waals surface area contributed by atoms with Crippen molar-refractivity contribution in [2.75, 3.05) is 0 Å². The number of unbranched alkanes of at least 4 members (excludes halogenated alkanes) is 4. The van der Waals surface area contributed by atoms with E-state index in [-0.39, 0.29) is 0 Å². The van der Waals surface area contributed by atoms with Crippen LogP contribution in [0.4, 0.5) is 0 Å². The Morgan fingerprint density at radius 2 is 0.882 bits per heavy atom. The van der Waals surface area contributed by atoms with Gasteiger partial charge in [-0.15, -0.1) is 0 Å². The van der Waals surface area contributed by atoms with Crippen LogP contribution >= 0.6 is 0 Å². The Kier molecular flexibility index (Phi) is 12.5. The summed E-state index contributed by atoms with van der Waals surface area (Å²) in [5, 5.41) is 0. The van der Waals surface area contributed by atoms with E-state index in [4.69, 9.17) is 0 Å². The first-order valence-electron chi connectivity index (χ1n) is 8.20. The van der Waals surface area contributed by atoms with Crippen molar-refractivity contribution in [2.24, 2.45) is 11.8 Å². The van der Waals surface area contributed by atoms with Crippen LogP contribution in [-0.2, 0) is 0 Å². The fraction of sp³-hybridized carbons (Fsp3) is 1.00. The summed E-state index contributed by atoms with van der Waals surface area (Å²) < 4.78 is 0. The van der Waals surface area contributed by atoms with Crippen molar-refractivity contribution in [3.63, 3.8) is 0 Å². The summed E-state index contributed by atoms with van der Waals surface area (Å²) in [4.78, 5) is 0. The topological polar surface area (TPSA) is 0 Å². The average Bonchev–Trinajstić information content (AvgIpc) is 2.30. The zero-order valence-corrected chi connectivity index (χ0v) is 12.9. The maximum absolute atomic E-state index is 2.44. The molecule has 0 aromatic rings. The average molecular weight is 240 g/mol. The van der Waals surface area contributed by atoms with Gasteiger partial charge in [0.05, 0.1) is 0 Å². The predicted octanol–water partition coefficient (Wildman–Crippen LogP) is 6.59. The molecule has 0 bridgehead atoms. The zero-order valence-electron chi connectivity index (χ0n) is 12.9. The molecule has 17 heavy (non-hydrogen) atoms. The van der Waals surface area contributed by atoms with Crippen molar-refractivity contribution in [3.8, 4) is 0 Å². The molecule has 0 nitrogen and oxygen atoms in total. The fourth-order valence-electron chi connectivity index (χ4n) is 2.59. The Morgan fingerprint density at radius 1 is 0.529 bits per heavy atom. The van der Waals surface area contributed by atoms with E-state index >= 15 is 0 Å². The van der Waals surface area contributed by atoms with Crippen LogP contribution in [0.1, 0.15) is 98.3 Å². The van der Waals surface area contributed by atoms with E-state index in [0.717, 1.165) is 11.8 Å². The van der Waals surface area contributed by atoms with Crippen LogP contribution in [0.2, 0.25) is 0 Å². The van der Waals surface area contributed by atoms with Gasteiger partial charge in [0.15, 0.2) is 0 Å². The molecule has 0 N–H and O–H groups in total. The van der Waals surface area contributed by atoms with E-state index in [1.54, 1.807) is 0 Å². The summed E-state index contributed by atoms with van der Waals surface area (Å²) in [5.41, 5.74) is 0. The summed E-state index contributed by atoms with van der Waals surface area (Å²) in [7, 11) is 0. The van der Waals surface area contributed by atoms with E-state index in [1.807, 2.05) is 0 Å². The molecule has 0 saturated heterocycles. The van der Waals surface area contributed by atoms with E-state index in [1.165, 1.54) is 70.6 Å². The number of hydrogen-bond acceptors (Lipinski definition) is 0. The van der Waals surface area contributed by atoms with Gasteiger partial charge in [-0.3, -0.25) is 0 Å². The Hall–Kier alpha value is 0. The van der Waals surface area contributed by atoms with Gasteiger partial charge in [-0.25, -0.2) is 0 Å². The van der Waals surface area contributed by atoms with Crippen molar-refractivity contribution in [1.82, 2.24) is 0 Å². The minimum atomic E-state index is 0.962. The lowest BCUT2D eigenvalue weighted by Crippen LogP contribution is -1.99. The van der Waals surface area contributed by atoms with E-state index in [9.17, 15) is 0 Å². The summed E-state index contributed by atoms with van der Waals surface area (Å²) in [6.07, 6.45) is 15.8. The Bertz CT molecular complexity index is 123. The standard InChI is InChI=1S/C17H36/c1-5-7-9-12-16(3)14-11-15-17(4)13-10-8-6-2/h16-17H,5-15H2,1-4H3. The second-order valence-corrected chi connectivity index (χ2v) is 6.13. The summed E-state index contributed by atoms with van der Waals surface area (Å²) >= 11 is 0. The van der Waals surface area contributed by atoms with Crippen molar-refractivity contribution < 1.29 is 0 Å². The Morgan fingerprint density at radius 3 is 1.24 bits per heavy atom. The van der Waals surface area contributed by atoms with Crippen LogP contribution < -0.4 is 0 Å². The third-order valence-corrected chi connectivity index (χ3v) is 3.99. The third kappa shape index (κ3) is 12.2. The lowest BCUT2D eigenvalue weighted by Gasteiger charge is -2.14. The van der Waals surface area contributed by atoms with Crippen LogP contribution in [0.25, 0.3) is 0 Å². The molecule has 0 radical (unpaired) electrons. The molecule has 0 aromatic heterocycles. The minimum Gasteiger partial charge on any atom is -0.0654 e. The highest BCUT2D eigenvalue weighted by molar-refractivity contribution is 4.58. The molecule has 0 rings (SSSR count). The maximum atomic E-state index is 2.44. The van der Waals surface area contributed by atoms with Gasteiger partial charge in [0.25, 0.3) is 0 Å². The summed E-state index contributed by atoms with van der Waals surface area (Å²) in [6, 6.07) is 0. The van der Waals surface area contributed by atoms with Gasteiger partial charge >= 0.3 is 0 Å². The second-order valence-electron chi connectivity index (χ2n) is 6.13. The van der Waals surface area contributed by atoms with Gasteiger partial charge < -0.3 is 0 Å². The molecule has 0 amide bonds. The molecule has 0 heteroatoms. The molecule has 0 aliphatic carbocycles. The number of hydrogen-bond donors (Lipinski definition) is 0. The Labute approximate surface area is 111 Å². The van der Waals surface area contributed by atoms with Crippen molar-refractivity contribution in [1.29, 1.82) is 0 Å². The molecular formula is C17H36. The number of rotatable bonds is 12. The van der Waals surface area contributed by atoms with Crippen LogP contribution in [-0.4, -0.2) is 0 Å². The SMILES string of the molecule is CCCCCC(C)CCCC(C)CCCCC. The molecule has 0 aliphatic heterocycles. The van der Waals surface area contributed by atoms with Gasteiger partial charge in [-0.2, -0.15) is 0 Å². The van der Waals surface area contributed by atoms with Crippen LogP contribution in [0.15, 0.2) is 0 Å². The van der Waals surface area contributed by atoms with Crippen LogP contribution in [0.3, 0.4) is 0 Å². The third-order valence-electron chi connectivity index (χ3n) is 3.99. The van der Waals surface area contributed by atoms with Crippen molar-refractivity contribution >= 4 is 0 Å². The van der Waals surface area contributed by atoms with E-state index < -0.39 is 0 Å². The van der Waals surface area contributed by atoms with Gasteiger partial charge in [-0.05, 0) is 11.8 Å². The molecule has 104 valence electrons. The highest BCUT2D eigenvalue weighted by Gasteiger charge is 2.05. The maximum Gasteiger partial charge on any atom is -0.0443 e. The molecular weight excluding hydrogens is 204 g/mol. The lowest BCUT2D eigenvalue weighted by atomic mass is 9.92. The van der Waals surface area contributed by atoms with Gasteiger partial charge in [-0.1, -0.05) is 98.3 Å². The minimum absolute atomic E-state index is 0.962. The summed E-state index contributed by atoms with van der Waals surface area (Å²) in [6.45, 7) is 9.47. The smallest absolute Gasteiger partial charge is 0.0443 e. The summed E-state index contributed by atoms with van der Waals surface area (Å²) in [5.74, 6) is 1.92. The first-order chi connectivity index (χ1) is 8.20. The molecule has 0 saturated carbocycles. The predicted molar refractivity (Wildman–Crippen MR) is 80.5 cm³/mol. The zero-order chi connectivity index (χ0) is 12.9. The molecule has 2 atom stereocenters. The molecule has 0 aliphatic rings. The normalized spacial score (nSPS) is 14.8. The first-order valence-corrected chi connectivity index (χ1v) is 8.20. The molecule has 0 fully saturated rings. The van der Waals surface area contributed by atoms with Gasteiger partial charge in [0.1, 0.15) is 0 Å². The quantitative estimate of drug-likeness (QED) is 0.338. The first kappa shape index (κ1) is 17.0. The van der Waals surface area contributed by atoms with Crippen molar-refractivity contribution in [2.45, 2.75) is 98.3 Å². The van der Waals surface area contributed by atoms with Gasteiger partial charge in [0, 0.05) is 0 Å².